The van der Waals surface area contributed by atoms with E-state index in [9.17, 15) is 19.6 Å². The van der Waals surface area contributed by atoms with Crippen molar-refractivity contribution in [2.24, 2.45) is 0 Å². The number of ether oxygens (including phenoxy) is 2. The zero-order valence-corrected chi connectivity index (χ0v) is 17.8. The van der Waals surface area contributed by atoms with Gasteiger partial charge in [0.05, 0.1) is 23.1 Å². The third-order valence-electron chi connectivity index (χ3n) is 4.57. The highest BCUT2D eigenvalue weighted by atomic mass is 32.2. The SMILES string of the molecule is CCOC(=O)[C@H](C)N1C(=O)S/C(=C/c2ccccc2OCc2ccccc2C#N)C1=O. The lowest BCUT2D eigenvalue weighted by Crippen LogP contribution is -2.42. The van der Waals surface area contributed by atoms with Crippen molar-refractivity contribution >= 4 is 35.0 Å². The first-order chi connectivity index (χ1) is 15.0. The molecule has 0 radical (unpaired) electrons. The van der Waals surface area contributed by atoms with Gasteiger partial charge in [-0.25, -0.2) is 4.79 Å². The van der Waals surface area contributed by atoms with Gasteiger partial charge in [0.15, 0.2) is 0 Å². The first-order valence-corrected chi connectivity index (χ1v) is 10.4. The van der Waals surface area contributed by atoms with Gasteiger partial charge in [-0.3, -0.25) is 14.5 Å². The molecular weight excluding hydrogens is 416 g/mol. The smallest absolute Gasteiger partial charge is 0.329 e. The zero-order valence-electron chi connectivity index (χ0n) is 17.0. The van der Waals surface area contributed by atoms with Crippen LogP contribution in [0.15, 0.2) is 53.4 Å². The van der Waals surface area contributed by atoms with Crippen LogP contribution in [0.25, 0.3) is 6.08 Å². The molecule has 0 saturated carbocycles. The van der Waals surface area contributed by atoms with Crippen LogP contribution in [0.4, 0.5) is 4.79 Å². The Morgan fingerprint density at radius 2 is 1.90 bits per heavy atom. The van der Waals surface area contributed by atoms with Gasteiger partial charge in [-0.05, 0) is 43.8 Å². The van der Waals surface area contributed by atoms with Crippen molar-refractivity contribution in [1.29, 1.82) is 5.26 Å². The molecule has 3 rings (SSSR count). The molecule has 1 heterocycles. The minimum Gasteiger partial charge on any atom is -0.488 e. The zero-order chi connectivity index (χ0) is 22.4. The number of amides is 2. The molecule has 7 nitrogen and oxygen atoms in total. The minimum atomic E-state index is -1.01. The maximum Gasteiger partial charge on any atom is 0.329 e. The van der Waals surface area contributed by atoms with Gasteiger partial charge in [0.25, 0.3) is 11.1 Å². The molecule has 0 N–H and O–H groups in total. The summed E-state index contributed by atoms with van der Waals surface area (Å²) in [6, 6.07) is 15.3. The van der Waals surface area contributed by atoms with E-state index >= 15 is 0 Å². The second-order valence-electron chi connectivity index (χ2n) is 6.58. The average Bonchev–Trinajstić information content (AvgIpc) is 3.05. The second kappa shape index (κ2) is 9.96. The molecule has 31 heavy (non-hydrogen) atoms. The molecular formula is C23H20N2O5S. The van der Waals surface area contributed by atoms with Gasteiger partial charge < -0.3 is 9.47 Å². The highest BCUT2D eigenvalue weighted by Crippen LogP contribution is 2.35. The van der Waals surface area contributed by atoms with E-state index in [1.807, 2.05) is 12.1 Å². The van der Waals surface area contributed by atoms with Gasteiger partial charge >= 0.3 is 5.97 Å². The third-order valence-corrected chi connectivity index (χ3v) is 5.45. The van der Waals surface area contributed by atoms with Crippen LogP contribution in [0.5, 0.6) is 5.75 Å². The third kappa shape index (κ3) is 4.95. The van der Waals surface area contributed by atoms with Crippen molar-refractivity contribution in [1.82, 2.24) is 4.90 Å². The van der Waals surface area contributed by atoms with Crippen LogP contribution in [-0.4, -0.2) is 34.7 Å². The average molecular weight is 436 g/mol. The van der Waals surface area contributed by atoms with E-state index < -0.39 is 23.2 Å². The van der Waals surface area contributed by atoms with E-state index in [1.165, 1.54) is 6.92 Å². The molecule has 0 bridgehead atoms. The fourth-order valence-corrected chi connectivity index (χ4v) is 3.86. The van der Waals surface area contributed by atoms with E-state index in [1.54, 1.807) is 49.4 Å². The van der Waals surface area contributed by atoms with E-state index in [0.717, 1.165) is 22.2 Å². The van der Waals surface area contributed by atoms with Crippen molar-refractivity contribution in [2.45, 2.75) is 26.5 Å². The second-order valence-corrected chi connectivity index (χ2v) is 7.57. The summed E-state index contributed by atoms with van der Waals surface area (Å²) in [5.74, 6) is -0.688. The number of hydrogen-bond donors (Lipinski definition) is 0. The predicted octanol–water partition coefficient (Wildman–Crippen LogP) is 4.13. The largest absolute Gasteiger partial charge is 0.488 e. The monoisotopic (exact) mass is 436 g/mol. The number of nitriles is 1. The number of para-hydroxylation sites is 1. The Hall–Kier alpha value is -3.57. The van der Waals surface area contributed by atoms with Crippen LogP contribution in [0.3, 0.4) is 0 Å². The summed E-state index contributed by atoms with van der Waals surface area (Å²) in [7, 11) is 0. The van der Waals surface area contributed by atoms with E-state index in [4.69, 9.17) is 9.47 Å². The molecule has 0 unspecified atom stereocenters. The van der Waals surface area contributed by atoms with Crippen LogP contribution in [0.1, 0.15) is 30.5 Å². The molecule has 1 atom stereocenters. The molecule has 0 aromatic heterocycles. The maximum absolute atomic E-state index is 12.8. The number of carbonyl (C=O) groups is 3. The Balaban J connectivity index is 1.81. The Morgan fingerprint density at radius 3 is 2.65 bits per heavy atom. The van der Waals surface area contributed by atoms with Crippen LogP contribution >= 0.6 is 11.8 Å². The van der Waals surface area contributed by atoms with Crippen molar-refractivity contribution in [3.05, 3.63) is 70.1 Å². The van der Waals surface area contributed by atoms with Crippen molar-refractivity contribution in [3.8, 4) is 11.8 Å². The van der Waals surface area contributed by atoms with Crippen LogP contribution in [0, 0.1) is 11.3 Å². The highest BCUT2D eigenvalue weighted by molar-refractivity contribution is 8.18. The maximum atomic E-state index is 12.8. The first-order valence-electron chi connectivity index (χ1n) is 9.59. The Bertz CT molecular complexity index is 1090. The van der Waals surface area contributed by atoms with Crippen molar-refractivity contribution < 1.29 is 23.9 Å². The summed E-state index contributed by atoms with van der Waals surface area (Å²) in [5.41, 5.74) is 1.86. The summed E-state index contributed by atoms with van der Waals surface area (Å²) in [6.07, 6.45) is 1.56. The van der Waals surface area contributed by atoms with E-state index in [2.05, 4.69) is 6.07 Å². The lowest BCUT2D eigenvalue weighted by molar-refractivity contribution is -0.150. The fourth-order valence-electron chi connectivity index (χ4n) is 2.97. The molecule has 158 valence electrons. The standard InChI is InChI=1S/C23H20N2O5S/c1-3-29-22(27)15(2)25-21(26)20(31-23(25)28)12-16-8-6-7-11-19(16)30-14-18-10-5-4-9-17(18)13-24/h4-12,15H,3,14H2,1-2H3/b20-12+/t15-/m0/s1. The molecule has 2 aromatic rings. The summed E-state index contributed by atoms with van der Waals surface area (Å²) in [4.78, 5) is 38.2. The number of thioether (sulfide) groups is 1. The Morgan fingerprint density at radius 1 is 1.19 bits per heavy atom. The first kappa shape index (κ1) is 22.1. The number of carbonyl (C=O) groups excluding carboxylic acids is 3. The van der Waals surface area contributed by atoms with Crippen molar-refractivity contribution in [3.63, 3.8) is 0 Å². The lowest BCUT2D eigenvalue weighted by atomic mass is 10.1. The number of benzene rings is 2. The van der Waals surface area contributed by atoms with Gasteiger partial charge in [-0.2, -0.15) is 5.26 Å². The minimum absolute atomic E-state index is 0.162. The topological polar surface area (TPSA) is 96.7 Å². The fraction of sp³-hybridized carbons (Fsp3) is 0.217. The number of rotatable bonds is 7. The number of imide groups is 1. The summed E-state index contributed by atoms with van der Waals surface area (Å²) in [6.45, 7) is 3.45. The summed E-state index contributed by atoms with van der Waals surface area (Å²) < 4.78 is 10.8. The van der Waals surface area contributed by atoms with Crippen LogP contribution in [0.2, 0.25) is 0 Å². The van der Waals surface area contributed by atoms with Gasteiger partial charge in [0.2, 0.25) is 0 Å². The highest BCUT2D eigenvalue weighted by Gasteiger charge is 2.41. The van der Waals surface area contributed by atoms with Gasteiger partial charge in [0, 0.05) is 11.1 Å². The predicted molar refractivity (Wildman–Crippen MR) is 116 cm³/mol. The Labute approximate surface area is 184 Å². The molecule has 0 spiro atoms. The van der Waals surface area contributed by atoms with E-state index in [-0.39, 0.29) is 18.1 Å². The quantitative estimate of drug-likeness (QED) is 0.476. The molecule has 8 heteroatoms. The number of hydrogen-bond acceptors (Lipinski definition) is 7. The molecule has 1 fully saturated rings. The number of esters is 1. The summed E-state index contributed by atoms with van der Waals surface area (Å²) >= 11 is 0.762. The normalized spacial score (nSPS) is 15.6. The van der Waals surface area contributed by atoms with E-state index in [0.29, 0.717) is 16.9 Å². The van der Waals surface area contributed by atoms with Gasteiger partial charge in [0.1, 0.15) is 18.4 Å². The molecule has 0 aliphatic carbocycles. The molecule has 1 aliphatic heterocycles. The van der Waals surface area contributed by atoms with Gasteiger partial charge in [-0.1, -0.05) is 36.4 Å². The molecule has 1 aliphatic rings. The van der Waals surface area contributed by atoms with Crippen LogP contribution < -0.4 is 4.74 Å². The molecule has 2 amide bonds. The summed E-state index contributed by atoms with van der Waals surface area (Å²) in [5, 5.41) is 8.70. The molecule has 2 aromatic carbocycles. The number of nitrogens with zero attached hydrogens (tertiary/aromatic N) is 2. The van der Waals surface area contributed by atoms with Gasteiger partial charge in [-0.15, -0.1) is 0 Å². The Kier molecular flexibility index (Phi) is 7.11. The van der Waals surface area contributed by atoms with Crippen molar-refractivity contribution in [2.75, 3.05) is 6.61 Å². The van der Waals surface area contributed by atoms with Crippen LogP contribution in [-0.2, 0) is 20.9 Å². The molecule has 1 saturated heterocycles. The lowest BCUT2D eigenvalue weighted by Gasteiger charge is -2.19.